The van der Waals surface area contributed by atoms with E-state index >= 15 is 0 Å². The topological polar surface area (TPSA) is 60.9 Å². The van der Waals surface area contributed by atoms with Crippen LogP contribution in [0.5, 0.6) is 0 Å². The van der Waals surface area contributed by atoms with Crippen LogP contribution in [0.4, 0.5) is 4.79 Å². The molecule has 90 valence electrons. The van der Waals surface area contributed by atoms with E-state index in [2.05, 4.69) is 6.92 Å². The third-order valence-corrected chi connectivity index (χ3v) is 3.72. The Kier molecular flexibility index (Phi) is 2.78. The Morgan fingerprint density at radius 1 is 1.38 bits per heavy atom. The van der Waals surface area contributed by atoms with Gasteiger partial charge in [0.2, 0.25) is 0 Å². The van der Waals surface area contributed by atoms with Crippen LogP contribution in [0.15, 0.2) is 0 Å². The normalized spacial score (nSPS) is 22.5. The summed E-state index contributed by atoms with van der Waals surface area (Å²) in [5.41, 5.74) is 0. The first-order valence-electron chi connectivity index (χ1n) is 5.75. The summed E-state index contributed by atoms with van der Waals surface area (Å²) in [6.07, 6.45) is 2.41. The number of aliphatic carboxylic acids is 1. The van der Waals surface area contributed by atoms with Gasteiger partial charge in [-0.25, -0.2) is 4.79 Å². The van der Waals surface area contributed by atoms with Gasteiger partial charge in [0.25, 0.3) is 0 Å². The number of urea groups is 1. The van der Waals surface area contributed by atoms with E-state index in [0.717, 1.165) is 0 Å². The van der Waals surface area contributed by atoms with Gasteiger partial charge in [-0.1, -0.05) is 0 Å². The van der Waals surface area contributed by atoms with Crippen molar-refractivity contribution in [3.05, 3.63) is 0 Å². The van der Waals surface area contributed by atoms with Crippen LogP contribution < -0.4 is 0 Å². The van der Waals surface area contributed by atoms with Crippen molar-refractivity contribution in [1.29, 1.82) is 0 Å². The SMILES string of the molecule is CC(C1CC1)N(C)C(=O)N1CC(C(=O)O)C1. The molecule has 1 aliphatic heterocycles. The summed E-state index contributed by atoms with van der Waals surface area (Å²) >= 11 is 0. The average Bonchev–Trinajstić information content (AvgIpc) is 2.95. The zero-order valence-corrected chi connectivity index (χ0v) is 9.72. The molecule has 0 bridgehead atoms. The molecule has 1 heterocycles. The van der Waals surface area contributed by atoms with Gasteiger partial charge in [-0.05, 0) is 25.7 Å². The minimum Gasteiger partial charge on any atom is -0.481 e. The van der Waals surface area contributed by atoms with E-state index in [1.165, 1.54) is 12.8 Å². The van der Waals surface area contributed by atoms with Crippen molar-refractivity contribution in [2.24, 2.45) is 11.8 Å². The number of carboxylic acids is 1. The Hall–Kier alpha value is -1.26. The quantitative estimate of drug-likeness (QED) is 0.776. The molecule has 0 spiro atoms. The van der Waals surface area contributed by atoms with Gasteiger partial charge in [0.05, 0.1) is 5.92 Å². The summed E-state index contributed by atoms with van der Waals surface area (Å²) < 4.78 is 0. The standard InChI is InChI=1S/C11H18N2O3/c1-7(8-3-4-8)12(2)11(16)13-5-9(6-13)10(14)15/h7-9H,3-6H2,1-2H3,(H,14,15). The fraction of sp³-hybridized carbons (Fsp3) is 0.818. The first-order valence-corrected chi connectivity index (χ1v) is 5.75. The van der Waals surface area contributed by atoms with Crippen LogP contribution in [-0.2, 0) is 4.79 Å². The highest BCUT2D eigenvalue weighted by Crippen LogP contribution is 2.35. The van der Waals surface area contributed by atoms with Crippen LogP contribution in [-0.4, -0.2) is 53.1 Å². The molecule has 1 unspecified atom stereocenters. The van der Waals surface area contributed by atoms with Gasteiger partial charge in [0.1, 0.15) is 0 Å². The van der Waals surface area contributed by atoms with Crippen molar-refractivity contribution in [1.82, 2.24) is 9.80 Å². The summed E-state index contributed by atoms with van der Waals surface area (Å²) in [5, 5.41) is 8.73. The number of hydrogen-bond acceptors (Lipinski definition) is 2. The summed E-state index contributed by atoms with van der Waals surface area (Å²) in [7, 11) is 1.80. The Bertz CT molecular complexity index is 308. The highest BCUT2D eigenvalue weighted by atomic mass is 16.4. The van der Waals surface area contributed by atoms with E-state index in [1.807, 2.05) is 0 Å². The number of amides is 2. The predicted octanol–water partition coefficient (Wildman–Crippen LogP) is 0.853. The number of hydrogen-bond donors (Lipinski definition) is 1. The molecule has 5 heteroatoms. The highest BCUT2D eigenvalue weighted by Gasteiger charge is 2.39. The lowest BCUT2D eigenvalue weighted by molar-refractivity contribution is -0.146. The number of carbonyl (C=O) groups excluding carboxylic acids is 1. The monoisotopic (exact) mass is 226 g/mol. The lowest BCUT2D eigenvalue weighted by atomic mass is 10.0. The van der Waals surface area contributed by atoms with Crippen molar-refractivity contribution >= 4 is 12.0 Å². The summed E-state index contributed by atoms with van der Waals surface area (Å²) in [5.74, 6) is -0.527. The third kappa shape index (κ3) is 1.99. The average molecular weight is 226 g/mol. The molecule has 5 nitrogen and oxygen atoms in total. The molecule has 2 fully saturated rings. The molecule has 2 amide bonds. The molecular weight excluding hydrogens is 208 g/mol. The molecule has 16 heavy (non-hydrogen) atoms. The molecule has 2 rings (SSSR count). The minimum atomic E-state index is -0.804. The van der Waals surface area contributed by atoms with Crippen molar-refractivity contribution in [2.75, 3.05) is 20.1 Å². The van der Waals surface area contributed by atoms with Crippen LogP contribution in [0.1, 0.15) is 19.8 Å². The Balaban J connectivity index is 1.82. The van der Waals surface area contributed by atoms with Gasteiger partial charge < -0.3 is 14.9 Å². The second-order valence-corrected chi connectivity index (χ2v) is 4.91. The van der Waals surface area contributed by atoms with Crippen molar-refractivity contribution in [2.45, 2.75) is 25.8 Å². The molecule has 0 aromatic heterocycles. The van der Waals surface area contributed by atoms with Crippen molar-refractivity contribution in [3.63, 3.8) is 0 Å². The molecule has 1 atom stereocenters. The zero-order valence-electron chi connectivity index (χ0n) is 9.72. The summed E-state index contributed by atoms with van der Waals surface area (Å²) in [6, 6.07) is 0.244. The first kappa shape index (κ1) is 11.2. The van der Waals surface area contributed by atoms with Crippen LogP contribution in [0.25, 0.3) is 0 Å². The molecule has 0 aromatic carbocycles. The van der Waals surface area contributed by atoms with Gasteiger partial charge in [0, 0.05) is 26.2 Å². The number of nitrogens with zero attached hydrogens (tertiary/aromatic N) is 2. The maximum atomic E-state index is 11.9. The maximum Gasteiger partial charge on any atom is 0.320 e. The van der Waals surface area contributed by atoms with Crippen molar-refractivity contribution in [3.8, 4) is 0 Å². The molecule has 1 saturated carbocycles. The molecular formula is C11H18N2O3. The lowest BCUT2D eigenvalue weighted by Crippen LogP contribution is -2.57. The van der Waals surface area contributed by atoms with E-state index in [0.29, 0.717) is 19.0 Å². The van der Waals surface area contributed by atoms with E-state index in [9.17, 15) is 9.59 Å². The molecule has 1 N–H and O–H groups in total. The molecule has 0 radical (unpaired) electrons. The smallest absolute Gasteiger partial charge is 0.320 e. The predicted molar refractivity (Wildman–Crippen MR) is 58.0 cm³/mol. The number of carboxylic acid groups (broad SMARTS) is 1. The molecule has 1 saturated heterocycles. The highest BCUT2D eigenvalue weighted by molar-refractivity contribution is 5.79. The van der Waals surface area contributed by atoms with Gasteiger partial charge in [-0.3, -0.25) is 4.79 Å². The summed E-state index contributed by atoms with van der Waals surface area (Å²) in [6.45, 7) is 2.77. The fourth-order valence-corrected chi connectivity index (χ4v) is 2.08. The lowest BCUT2D eigenvalue weighted by Gasteiger charge is -2.40. The van der Waals surface area contributed by atoms with Crippen LogP contribution in [0, 0.1) is 11.8 Å². The van der Waals surface area contributed by atoms with Gasteiger partial charge >= 0.3 is 12.0 Å². The largest absolute Gasteiger partial charge is 0.481 e. The number of carbonyl (C=O) groups is 2. The Morgan fingerprint density at radius 3 is 2.38 bits per heavy atom. The van der Waals surface area contributed by atoms with Crippen LogP contribution in [0.2, 0.25) is 0 Å². The van der Waals surface area contributed by atoms with E-state index in [4.69, 9.17) is 5.11 Å². The first-order chi connectivity index (χ1) is 7.50. The third-order valence-electron chi connectivity index (χ3n) is 3.72. The van der Waals surface area contributed by atoms with E-state index < -0.39 is 5.97 Å². The molecule has 1 aliphatic carbocycles. The van der Waals surface area contributed by atoms with E-state index in [1.54, 1.807) is 16.8 Å². The zero-order chi connectivity index (χ0) is 11.9. The second-order valence-electron chi connectivity index (χ2n) is 4.91. The van der Waals surface area contributed by atoms with Crippen LogP contribution >= 0.6 is 0 Å². The fourth-order valence-electron chi connectivity index (χ4n) is 2.08. The number of likely N-dealkylation sites (tertiary alicyclic amines) is 1. The second kappa shape index (κ2) is 3.96. The Morgan fingerprint density at radius 2 is 1.94 bits per heavy atom. The maximum absolute atomic E-state index is 11.9. The van der Waals surface area contributed by atoms with Crippen molar-refractivity contribution < 1.29 is 14.7 Å². The minimum absolute atomic E-state index is 0.0306. The van der Waals surface area contributed by atoms with E-state index in [-0.39, 0.29) is 18.0 Å². The molecule has 0 aromatic rings. The summed E-state index contributed by atoms with van der Waals surface area (Å²) in [4.78, 5) is 25.9. The Labute approximate surface area is 95.0 Å². The van der Waals surface area contributed by atoms with Gasteiger partial charge in [-0.2, -0.15) is 0 Å². The molecule has 2 aliphatic rings. The van der Waals surface area contributed by atoms with Gasteiger partial charge in [-0.15, -0.1) is 0 Å². The number of rotatable bonds is 3. The van der Waals surface area contributed by atoms with Gasteiger partial charge in [0.15, 0.2) is 0 Å². The van der Waals surface area contributed by atoms with Crippen LogP contribution in [0.3, 0.4) is 0 Å².